The van der Waals surface area contributed by atoms with Gasteiger partial charge in [0.2, 0.25) is 5.91 Å². The lowest BCUT2D eigenvalue weighted by atomic mass is 10.1. The number of nitrogens with one attached hydrogen (secondary N) is 2. The fourth-order valence-electron chi connectivity index (χ4n) is 3.97. The van der Waals surface area contributed by atoms with E-state index >= 15 is 0 Å². The van der Waals surface area contributed by atoms with Crippen molar-refractivity contribution in [3.05, 3.63) is 89.5 Å². The topological polar surface area (TPSA) is 94.5 Å². The molecule has 9 heteroatoms. The average Bonchev–Trinajstić information content (AvgIpc) is 3.18. The third-order valence-electron chi connectivity index (χ3n) is 5.65. The summed E-state index contributed by atoms with van der Waals surface area (Å²) in [5.41, 5.74) is 3.24. The molecule has 2 aromatic carbocycles. The second kappa shape index (κ2) is 11.5. The molecule has 2 aromatic heterocycles. The molecule has 36 heavy (non-hydrogen) atoms. The summed E-state index contributed by atoms with van der Waals surface area (Å²) in [6.45, 7) is 1.02. The van der Waals surface area contributed by atoms with Crippen molar-refractivity contribution < 1.29 is 23.5 Å². The van der Waals surface area contributed by atoms with Gasteiger partial charge in [-0.15, -0.1) is 0 Å². The van der Waals surface area contributed by atoms with Gasteiger partial charge in [0.05, 0.1) is 37.7 Å². The number of aromatic nitrogens is 2. The second-order valence-electron chi connectivity index (χ2n) is 8.15. The van der Waals surface area contributed by atoms with Gasteiger partial charge < -0.3 is 24.7 Å². The molecular formula is C27H27FN4O4. The minimum atomic E-state index is -0.603. The Morgan fingerprint density at radius 3 is 2.53 bits per heavy atom. The van der Waals surface area contributed by atoms with Crippen LogP contribution >= 0.6 is 0 Å². The largest absolute Gasteiger partial charge is 0.464 e. The Balaban J connectivity index is 1.72. The number of carbonyl (C=O) groups is 2. The van der Waals surface area contributed by atoms with E-state index in [1.54, 1.807) is 30.0 Å². The summed E-state index contributed by atoms with van der Waals surface area (Å²) in [6, 6.07) is 17.4. The lowest BCUT2D eigenvalue weighted by Gasteiger charge is -2.10. The van der Waals surface area contributed by atoms with Gasteiger partial charge in [-0.25, -0.2) is 14.2 Å². The normalized spacial score (nSPS) is 10.9. The number of benzene rings is 2. The standard InChI is InChI=1S/C27H27FN4O4/c1-35-12-11-32-25(27(34)36-2)24(31-23(33)14-18-7-4-3-5-8-18)22-15-21(17-30-26(22)32)29-16-19-9-6-10-20(28)13-19/h3-10,13,15,17,29H,11-12,14,16H2,1-2H3,(H,31,33). The molecule has 0 aliphatic rings. The summed E-state index contributed by atoms with van der Waals surface area (Å²) in [4.78, 5) is 30.4. The fraction of sp³-hybridized carbons (Fsp3) is 0.222. The highest BCUT2D eigenvalue weighted by Gasteiger charge is 2.26. The van der Waals surface area contributed by atoms with Crippen LogP contribution in [0, 0.1) is 5.82 Å². The van der Waals surface area contributed by atoms with Crippen molar-refractivity contribution in [2.75, 3.05) is 31.5 Å². The van der Waals surface area contributed by atoms with Crippen molar-refractivity contribution in [3.8, 4) is 0 Å². The lowest BCUT2D eigenvalue weighted by molar-refractivity contribution is -0.115. The van der Waals surface area contributed by atoms with Crippen LogP contribution in [0.15, 0.2) is 66.9 Å². The smallest absolute Gasteiger partial charge is 0.356 e. The number of amides is 1. The van der Waals surface area contributed by atoms with Crippen LogP contribution < -0.4 is 10.6 Å². The number of nitrogens with zero attached hydrogens (tertiary/aromatic N) is 2. The molecule has 4 aromatic rings. The number of hydrogen-bond donors (Lipinski definition) is 2. The van der Waals surface area contributed by atoms with Gasteiger partial charge in [0.25, 0.3) is 0 Å². The van der Waals surface area contributed by atoms with Gasteiger partial charge in [-0.3, -0.25) is 4.79 Å². The van der Waals surface area contributed by atoms with Crippen molar-refractivity contribution in [3.63, 3.8) is 0 Å². The maximum Gasteiger partial charge on any atom is 0.356 e. The molecule has 0 aliphatic carbocycles. The molecule has 2 N–H and O–H groups in total. The van der Waals surface area contributed by atoms with Crippen LogP contribution in [-0.4, -0.2) is 42.3 Å². The molecule has 0 radical (unpaired) electrons. The number of rotatable bonds is 10. The van der Waals surface area contributed by atoms with Gasteiger partial charge in [0.15, 0.2) is 5.69 Å². The molecule has 4 rings (SSSR count). The SMILES string of the molecule is COCCn1c(C(=O)OC)c(NC(=O)Cc2ccccc2)c2cc(NCc3cccc(F)c3)cnc21. The molecule has 1 amide bonds. The number of esters is 1. The highest BCUT2D eigenvalue weighted by Crippen LogP contribution is 2.33. The Kier molecular flexibility index (Phi) is 7.92. The molecule has 0 fully saturated rings. The predicted molar refractivity (Wildman–Crippen MR) is 135 cm³/mol. The highest BCUT2D eigenvalue weighted by molar-refractivity contribution is 6.11. The van der Waals surface area contributed by atoms with Gasteiger partial charge in [-0.2, -0.15) is 0 Å². The van der Waals surface area contributed by atoms with Crippen LogP contribution in [0.5, 0.6) is 0 Å². The van der Waals surface area contributed by atoms with Gasteiger partial charge in [0.1, 0.15) is 11.5 Å². The maximum atomic E-state index is 13.6. The van der Waals surface area contributed by atoms with E-state index in [0.29, 0.717) is 42.1 Å². The summed E-state index contributed by atoms with van der Waals surface area (Å²) in [7, 11) is 2.85. The van der Waals surface area contributed by atoms with E-state index in [2.05, 4.69) is 15.6 Å². The summed E-state index contributed by atoms with van der Waals surface area (Å²) in [5.74, 6) is -1.20. The van der Waals surface area contributed by atoms with E-state index in [4.69, 9.17) is 9.47 Å². The van der Waals surface area contributed by atoms with E-state index in [1.165, 1.54) is 19.2 Å². The van der Waals surface area contributed by atoms with E-state index in [9.17, 15) is 14.0 Å². The van der Waals surface area contributed by atoms with Crippen LogP contribution in [0.3, 0.4) is 0 Å². The maximum absolute atomic E-state index is 13.6. The Bertz CT molecular complexity index is 1370. The molecule has 0 spiro atoms. The summed E-state index contributed by atoms with van der Waals surface area (Å²) in [5, 5.41) is 6.69. The first-order valence-electron chi connectivity index (χ1n) is 11.4. The van der Waals surface area contributed by atoms with E-state index in [0.717, 1.165) is 11.1 Å². The monoisotopic (exact) mass is 490 g/mol. The van der Waals surface area contributed by atoms with E-state index in [1.807, 2.05) is 36.4 Å². The van der Waals surface area contributed by atoms with Gasteiger partial charge in [-0.05, 0) is 29.3 Å². The number of methoxy groups -OCH3 is 2. The zero-order valence-corrected chi connectivity index (χ0v) is 20.1. The first kappa shape index (κ1) is 24.9. The van der Waals surface area contributed by atoms with Crippen LogP contribution in [-0.2, 0) is 33.8 Å². The minimum Gasteiger partial charge on any atom is -0.464 e. The second-order valence-corrected chi connectivity index (χ2v) is 8.15. The van der Waals surface area contributed by atoms with Crippen molar-refractivity contribution >= 4 is 34.3 Å². The number of carbonyl (C=O) groups excluding carboxylic acids is 2. The first-order valence-corrected chi connectivity index (χ1v) is 11.4. The van der Waals surface area contributed by atoms with Gasteiger partial charge >= 0.3 is 5.97 Å². The zero-order chi connectivity index (χ0) is 25.5. The van der Waals surface area contributed by atoms with Crippen molar-refractivity contribution in [2.24, 2.45) is 0 Å². The summed E-state index contributed by atoms with van der Waals surface area (Å²) < 4.78 is 25.5. The van der Waals surface area contributed by atoms with Crippen molar-refractivity contribution in [1.82, 2.24) is 9.55 Å². The van der Waals surface area contributed by atoms with Gasteiger partial charge in [-0.1, -0.05) is 42.5 Å². The van der Waals surface area contributed by atoms with Crippen LogP contribution in [0.2, 0.25) is 0 Å². The minimum absolute atomic E-state index is 0.136. The number of ether oxygens (including phenoxy) is 2. The van der Waals surface area contributed by atoms with E-state index < -0.39 is 5.97 Å². The Morgan fingerprint density at radius 2 is 1.81 bits per heavy atom. The van der Waals surface area contributed by atoms with E-state index in [-0.39, 0.29) is 23.8 Å². The third-order valence-corrected chi connectivity index (χ3v) is 5.65. The molecular weight excluding hydrogens is 463 g/mol. The zero-order valence-electron chi connectivity index (χ0n) is 20.1. The average molecular weight is 491 g/mol. The van der Waals surface area contributed by atoms with Crippen LogP contribution in [0.25, 0.3) is 11.0 Å². The first-order chi connectivity index (χ1) is 17.5. The highest BCUT2D eigenvalue weighted by atomic mass is 19.1. The Labute approximate surface area is 208 Å². The number of halogens is 1. The molecule has 0 unspecified atom stereocenters. The molecule has 2 heterocycles. The number of pyridine rings is 1. The third kappa shape index (κ3) is 5.69. The molecule has 186 valence electrons. The Morgan fingerprint density at radius 1 is 1.03 bits per heavy atom. The number of fused-ring (bicyclic) bond motifs is 1. The molecule has 8 nitrogen and oxygen atoms in total. The lowest BCUT2D eigenvalue weighted by Crippen LogP contribution is -2.19. The number of anilines is 2. The van der Waals surface area contributed by atoms with Crippen molar-refractivity contribution in [1.29, 1.82) is 0 Å². The molecule has 0 saturated carbocycles. The quantitative estimate of drug-likeness (QED) is 0.320. The van der Waals surface area contributed by atoms with Crippen LogP contribution in [0.4, 0.5) is 15.8 Å². The van der Waals surface area contributed by atoms with Gasteiger partial charge in [0, 0.05) is 25.6 Å². The van der Waals surface area contributed by atoms with Crippen molar-refractivity contribution in [2.45, 2.75) is 19.5 Å². The fourth-order valence-corrected chi connectivity index (χ4v) is 3.97. The Hall–Kier alpha value is -4.24. The summed E-state index contributed by atoms with van der Waals surface area (Å²) >= 11 is 0. The molecule has 0 saturated heterocycles. The van der Waals surface area contributed by atoms with Crippen LogP contribution in [0.1, 0.15) is 21.6 Å². The molecule has 0 aliphatic heterocycles. The summed E-state index contributed by atoms with van der Waals surface area (Å²) in [6.07, 6.45) is 1.76. The molecule has 0 bridgehead atoms. The molecule has 0 atom stereocenters. The predicted octanol–water partition coefficient (Wildman–Crippen LogP) is 4.40. The number of hydrogen-bond acceptors (Lipinski definition) is 6.